The molecule has 0 unspecified atom stereocenters. The highest BCUT2D eigenvalue weighted by Crippen LogP contribution is 2.48. The third-order valence-corrected chi connectivity index (χ3v) is 5.92. The van der Waals surface area contributed by atoms with E-state index < -0.39 is 0 Å². The van der Waals surface area contributed by atoms with E-state index >= 15 is 0 Å². The first-order chi connectivity index (χ1) is 15.1. The van der Waals surface area contributed by atoms with E-state index in [-0.39, 0.29) is 11.7 Å². The van der Waals surface area contributed by atoms with Crippen LogP contribution < -0.4 is 10.1 Å². The summed E-state index contributed by atoms with van der Waals surface area (Å²) in [5.41, 5.74) is 3.86. The third-order valence-electron chi connectivity index (χ3n) is 5.12. The fourth-order valence-corrected chi connectivity index (χ4v) is 4.36. The summed E-state index contributed by atoms with van der Waals surface area (Å²) < 4.78 is 11.5. The molecule has 1 amide bonds. The second-order valence-corrected chi connectivity index (χ2v) is 7.79. The minimum absolute atomic E-state index is 0.0567. The number of nitrogens with one attached hydrogen (secondary N) is 1. The maximum Gasteiger partial charge on any atom is 0.224 e. The lowest BCUT2D eigenvalue weighted by Gasteiger charge is -2.13. The first-order valence-electron chi connectivity index (χ1n) is 9.93. The molecule has 4 aromatic rings. The Bertz CT molecular complexity index is 1250. The van der Waals surface area contributed by atoms with Crippen LogP contribution in [0.4, 0.5) is 5.69 Å². The lowest BCUT2D eigenvalue weighted by molar-refractivity contribution is -0.115. The molecule has 0 bridgehead atoms. The number of phenolic OH excluding ortho intramolecular Hbond substituents is 1. The van der Waals surface area contributed by atoms with Gasteiger partial charge in [-0.25, -0.2) is 0 Å². The Morgan fingerprint density at radius 3 is 2.55 bits per heavy atom. The van der Waals surface area contributed by atoms with Crippen LogP contribution in [0.2, 0.25) is 0 Å². The van der Waals surface area contributed by atoms with Gasteiger partial charge in [-0.15, -0.1) is 11.8 Å². The maximum absolute atomic E-state index is 12.2. The number of benzene rings is 3. The number of rotatable bonds is 6. The number of methoxy groups -OCH3 is 1. The number of amides is 1. The number of phenols is 1. The predicted molar refractivity (Wildman–Crippen MR) is 126 cm³/mol. The molecule has 1 aromatic heterocycles. The summed E-state index contributed by atoms with van der Waals surface area (Å²) in [7, 11) is 1.56. The van der Waals surface area contributed by atoms with Crippen molar-refractivity contribution in [2.45, 2.75) is 18.2 Å². The van der Waals surface area contributed by atoms with Gasteiger partial charge in [0.15, 0.2) is 5.76 Å². The van der Waals surface area contributed by atoms with E-state index in [4.69, 9.17) is 9.15 Å². The van der Waals surface area contributed by atoms with Gasteiger partial charge in [0.05, 0.1) is 17.6 Å². The van der Waals surface area contributed by atoms with Gasteiger partial charge in [0.25, 0.3) is 0 Å². The van der Waals surface area contributed by atoms with Crippen LogP contribution >= 0.6 is 11.8 Å². The highest BCUT2D eigenvalue weighted by Gasteiger charge is 2.23. The van der Waals surface area contributed by atoms with E-state index in [9.17, 15) is 9.90 Å². The number of anilines is 1. The van der Waals surface area contributed by atoms with Crippen molar-refractivity contribution in [2.24, 2.45) is 0 Å². The van der Waals surface area contributed by atoms with Crippen molar-refractivity contribution < 1.29 is 19.1 Å². The summed E-state index contributed by atoms with van der Waals surface area (Å²) >= 11 is 1.54. The molecule has 6 heteroatoms. The Morgan fingerprint density at radius 1 is 1.13 bits per heavy atom. The topological polar surface area (TPSA) is 71.7 Å². The summed E-state index contributed by atoms with van der Waals surface area (Å²) in [5, 5.41) is 14.5. The number of carbonyl (C=O) groups is 1. The normalized spacial score (nSPS) is 10.9. The molecule has 5 nitrogen and oxygen atoms in total. The number of fused-ring (bicyclic) bond motifs is 1. The number of carbonyl (C=O) groups excluding carboxylic acids is 1. The number of aromatic hydroxyl groups is 1. The summed E-state index contributed by atoms with van der Waals surface area (Å²) in [6, 6.07) is 18.8. The van der Waals surface area contributed by atoms with Crippen molar-refractivity contribution in [3.63, 3.8) is 0 Å². The van der Waals surface area contributed by atoms with Crippen LogP contribution in [0.15, 0.2) is 70.0 Å². The fourth-order valence-electron chi connectivity index (χ4n) is 3.61. The summed E-state index contributed by atoms with van der Waals surface area (Å²) in [6.07, 6.45) is 2.36. The van der Waals surface area contributed by atoms with Crippen LogP contribution in [0, 0.1) is 0 Å². The van der Waals surface area contributed by atoms with Gasteiger partial charge in [0, 0.05) is 29.1 Å². The van der Waals surface area contributed by atoms with Crippen molar-refractivity contribution in [3.8, 4) is 33.9 Å². The van der Waals surface area contributed by atoms with E-state index in [0.29, 0.717) is 29.1 Å². The quantitative estimate of drug-likeness (QED) is 0.337. The van der Waals surface area contributed by atoms with Crippen molar-refractivity contribution in [1.82, 2.24) is 0 Å². The molecule has 0 aliphatic rings. The number of thioether (sulfide) groups is 1. The highest BCUT2D eigenvalue weighted by molar-refractivity contribution is 7.99. The Morgan fingerprint density at radius 2 is 1.90 bits per heavy atom. The Balaban J connectivity index is 2.02. The summed E-state index contributed by atoms with van der Waals surface area (Å²) in [5.74, 6) is 1.17. The lowest BCUT2D eigenvalue weighted by Crippen LogP contribution is -2.10. The molecule has 0 saturated heterocycles. The molecule has 0 aliphatic heterocycles. The zero-order chi connectivity index (χ0) is 22.0. The van der Waals surface area contributed by atoms with E-state index in [1.807, 2.05) is 55.6 Å². The lowest BCUT2D eigenvalue weighted by atomic mass is 9.98. The van der Waals surface area contributed by atoms with Crippen LogP contribution in [-0.2, 0) is 4.79 Å². The van der Waals surface area contributed by atoms with Gasteiger partial charge < -0.3 is 19.6 Å². The van der Waals surface area contributed by atoms with Crippen molar-refractivity contribution >= 4 is 34.3 Å². The van der Waals surface area contributed by atoms with Gasteiger partial charge in [-0.3, -0.25) is 4.79 Å². The standard InChI is InChI=1S/C25H23NO4S/c1-4-21(28)26-18-12-13-20-23(22(18)15-8-6-5-7-9-15)25(31-3)24(30-20)17-11-10-16(29-2)14-19(17)27/h5-14,27H,4H2,1-3H3,(H,26,28). The largest absolute Gasteiger partial charge is 0.507 e. The van der Waals surface area contributed by atoms with Gasteiger partial charge in [-0.2, -0.15) is 0 Å². The molecule has 1 heterocycles. The molecule has 0 saturated carbocycles. The Hall–Kier alpha value is -3.38. The molecule has 0 radical (unpaired) electrons. The monoisotopic (exact) mass is 433 g/mol. The van der Waals surface area contributed by atoms with E-state index in [2.05, 4.69) is 5.32 Å². The van der Waals surface area contributed by atoms with Crippen LogP contribution in [0.25, 0.3) is 33.4 Å². The summed E-state index contributed by atoms with van der Waals surface area (Å²) in [6.45, 7) is 1.83. The van der Waals surface area contributed by atoms with Crippen LogP contribution in [0.1, 0.15) is 13.3 Å². The number of furan rings is 1. The highest BCUT2D eigenvalue weighted by atomic mass is 32.2. The van der Waals surface area contributed by atoms with Gasteiger partial charge in [-0.05, 0) is 36.1 Å². The van der Waals surface area contributed by atoms with E-state index in [1.54, 1.807) is 25.3 Å². The second-order valence-electron chi connectivity index (χ2n) is 6.98. The van der Waals surface area contributed by atoms with E-state index in [0.717, 1.165) is 27.1 Å². The predicted octanol–water partition coefficient (Wildman–Crippen LogP) is 6.55. The summed E-state index contributed by atoms with van der Waals surface area (Å²) in [4.78, 5) is 13.1. The van der Waals surface area contributed by atoms with Gasteiger partial charge in [0.1, 0.15) is 17.1 Å². The molecule has 0 fully saturated rings. The van der Waals surface area contributed by atoms with Crippen LogP contribution in [-0.4, -0.2) is 24.4 Å². The van der Waals surface area contributed by atoms with Gasteiger partial charge in [-0.1, -0.05) is 37.3 Å². The molecule has 4 rings (SSSR count). The number of ether oxygens (including phenoxy) is 1. The third kappa shape index (κ3) is 3.86. The van der Waals surface area contributed by atoms with Crippen molar-refractivity contribution in [3.05, 3.63) is 60.7 Å². The minimum atomic E-state index is -0.0567. The SMILES string of the molecule is CCC(=O)Nc1ccc2oc(-c3ccc(OC)cc3O)c(SC)c2c1-c1ccccc1. The number of hydrogen-bond donors (Lipinski definition) is 2. The molecule has 0 spiro atoms. The Labute approximate surface area is 185 Å². The minimum Gasteiger partial charge on any atom is -0.507 e. The molecule has 3 aromatic carbocycles. The first-order valence-corrected chi connectivity index (χ1v) is 11.2. The molecule has 158 valence electrons. The van der Waals surface area contributed by atoms with Crippen molar-refractivity contribution in [1.29, 1.82) is 0 Å². The molecule has 31 heavy (non-hydrogen) atoms. The maximum atomic E-state index is 12.2. The zero-order valence-corrected chi connectivity index (χ0v) is 18.4. The molecular formula is C25H23NO4S. The van der Waals surface area contributed by atoms with Crippen LogP contribution in [0.5, 0.6) is 11.5 Å². The Kier molecular flexibility index (Phi) is 5.91. The van der Waals surface area contributed by atoms with Gasteiger partial charge in [0.2, 0.25) is 5.91 Å². The molecule has 0 atom stereocenters. The van der Waals surface area contributed by atoms with Crippen LogP contribution in [0.3, 0.4) is 0 Å². The second kappa shape index (κ2) is 8.78. The molecular weight excluding hydrogens is 410 g/mol. The molecule has 0 aliphatic carbocycles. The smallest absolute Gasteiger partial charge is 0.224 e. The first kappa shape index (κ1) is 20.9. The zero-order valence-electron chi connectivity index (χ0n) is 17.6. The average Bonchev–Trinajstić information content (AvgIpc) is 3.17. The molecule has 2 N–H and O–H groups in total. The average molecular weight is 434 g/mol. The fraction of sp³-hybridized carbons (Fsp3) is 0.160. The number of hydrogen-bond acceptors (Lipinski definition) is 5. The van der Waals surface area contributed by atoms with Crippen molar-refractivity contribution in [2.75, 3.05) is 18.7 Å². The van der Waals surface area contributed by atoms with Gasteiger partial charge >= 0.3 is 0 Å². The van der Waals surface area contributed by atoms with E-state index in [1.165, 1.54) is 11.8 Å².